The quantitative estimate of drug-likeness (QED) is 0.508. The molecule has 2 nitrogen and oxygen atoms in total. The molecular formula is C14H22O2. The summed E-state index contributed by atoms with van der Waals surface area (Å²) in [5, 5.41) is 0. The van der Waals surface area contributed by atoms with Gasteiger partial charge in [0.25, 0.3) is 0 Å². The molecular weight excluding hydrogens is 200 g/mol. The molecule has 0 aromatic rings. The van der Waals surface area contributed by atoms with Crippen molar-refractivity contribution in [1.29, 1.82) is 0 Å². The largest absolute Gasteiger partial charge is 0.459 e. The molecule has 0 N–H and O–H groups in total. The molecule has 2 fully saturated rings. The molecule has 16 heavy (non-hydrogen) atoms. The highest BCUT2D eigenvalue weighted by atomic mass is 16.6. The minimum absolute atomic E-state index is 0.0500. The fourth-order valence-electron chi connectivity index (χ4n) is 2.45. The summed E-state index contributed by atoms with van der Waals surface area (Å²) in [6.07, 6.45) is 10.3. The van der Waals surface area contributed by atoms with Crippen LogP contribution in [-0.2, 0) is 9.53 Å². The van der Waals surface area contributed by atoms with Crippen molar-refractivity contribution in [3.05, 3.63) is 12.2 Å². The molecule has 0 bridgehead atoms. The second kappa shape index (κ2) is 4.60. The Morgan fingerprint density at radius 1 is 1.25 bits per heavy atom. The van der Waals surface area contributed by atoms with E-state index in [-0.39, 0.29) is 11.6 Å². The van der Waals surface area contributed by atoms with Crippen LogP contribution >= 0.6 is 0 Å². The number of carbonyl (C=O) groups excluding carboxylic acids is 1. The lowest BCUT2D eigenvalue weighted by Gasteiger charge is -2.29. The number of carbonyl (C=O) groups is 1. The molecule has 0 heterocycles. The van der Waals surface area contributed by atoms with Gasteiger partial charge in [0.2, 0.25) is 0 Å². The highest BCUT2D eigenvalue weighted by Crippen LogP contribution is 2.54. The first kappa shape index (κ1) is 11.7. The summed E-state index contributed by atoms with van der Waals surface area (Å²) in [6, 6.07) is 0. The van der Waals surface area contributed by atoms with E-state index in [1.807, 2.05) is 12.2 Å². The highest BCUT2D eigenvalue weighted by Gasteiger charge is 2.53. The van der Waals surface area contributed by atoms with Gasteiger partial charge in [-0.2, -0.15) is 0 Å². The normalized spacial score (nSPS) is 21.4. The summed E-state index contributed by atoms with van der Waals surface area (Å²) < 4.78 is 5.74. The van der Waals surface area contributed by atoms with Gasteiger partial charge in [0.15, 0.2) is 0 Å². The molecule has 2 rings (SSSR count). The Kier molecular flexibility index (Phi) is 3.36. The fourth-order valence-corrected chi connectivity index (χ4v) is 2.45. The first-order valence-electron chi connectivity index (χ1n) is 6.53. The molecule has 90 valence electrons. The number of ether oxygens (including phenoxy) is 1. The van der Waals surface area contributed by atoms with Crippen molar-refractivity contribution in [3.8, 4) is 0 Å². The van der Waals surface area contributed by atoms with Crippen LogP contribution in [0.15, 0.2) is 12.2 Å². The molecule has 0 unspecified atom stereocenters. The van der Waals surface area contributed by atoms with E-state index in [4.69, 9.17) is 4.74 Å². The van der Waals surface area contributed by atoms with E-state index in [2.05, 4.69) is 13.8 Å². The number of hydrogen-bond donors (Lipinski definition) is 0. The summed E-state index contributed by atoms with van der Waals surface area (Å²) >= 11 is 0. The zero-order valence-corrected chi connectivity index (χ0v) is 10.4. The molecule has 2 aliphatic carbocycles. The van der Waals surface area contributed by atoms with Gasteiger partial charge in [0.1, 0.15) is 5.60 Å². The fraction of sp³-hybridized carbons (Fsp3) is 0.786. The predicted octanol–water partition coefficient (Wildman–Crippen LogP) is 3.46. The van der Waals surface area contributed by atoms with E-state index in [1.54, 1.807) is 0 Å². The maximum Gasteiger partial charge on any atom is 0.310 e. The zero-order valence-electron chi connectivity index (χ0n) is 10.4. The van der Waals surface area contributed by atoms with Gasteiger partial charge in [-0.25, -0.2) is 0 Å². The Morgan fingerprint density at radius 3 is 2.25 bits per heavy atom. The van der Waals surface area contributed by atoms with Gasteiger partial charge in [0.05, 0.1) is 6.42 Å². The van der Waals surface area contributed by atoms with Crippen LogP contribution in [0.1, 0.15) is 52.4 Å². The summed E-state index contributed by atoms with van der Waals surface area (Å²) in [5.74, 6) is 1.23. The average Bonchev–Trinajstić information content (AvgIpc) is 3.07. The summed E-state index contributed by atoms with van der Waals surface area (Å²) in [7, 11) is 0. The molecule has 2 heteroatoms. The predicted molar refractivity (Wildman–Crippen MR) is 64.0 cm³/mol. The first-order valence-corrected chi connectivity index (χ1v) is 6.53. The van der Waals surface area contributed by atoms with Gasteiger partial charge in [-0.15, -0.1) is 0 Å². The second-order valence-corrected chi connectivity index (χ2v) is 5.29. The molecule has 0 aliphatic heterocycles. The molecule has 0 aromatic carbocycles. The van der Waals surface area contributed by atoms with E-state index < -0.39 is 0 Å². The molecule has 2 aliphatic rings. The van der Waals surface area contributed by atoms with Crippen LogP contribution in [-0.4, -0.2) is 11.6 Å². The third-order valence-corrected chi connectivity index (χ3v) is 3.80. The van der Waals surface area contributed by atoms with Gasteiger partial charge in [0, 0.05) is 0 Å². The Labute approximate surface area is 98.1 Å². The molecule has 2 saturated carbocycles. The Bertz CT molecular complexity index is 273. The number of esters is 1. The monoisotopic (exact) mass is 222 g/mol. The summed E-state index contributed by atoms with van der Waals surface area (Å²) in [5.41, 5.74) is -0.142. The third kappa shape index (κ3) is 2.66. The standard InChI is InChI=1S/C14H22O2/c1-3-4-5-6-13(15)16-14(2,11-7-8-11)12-9-10-12/h4-5,11-12H,3,6-10H2,1-2H3/b5-4-. The zero-order chi connectivity index (χ0) is 11.6. The van der Waals surface area contributed by atoms with Gasteiger partial charge in [-0.3, -0.25) is 4.79 Å². The van der Waals surface area contributed by atoms with E-state index >= 15 is 0 Å². The molecule has 0 saturated heterocycles. The molecule has 0 amide bonds. The molecule has 0 radical (unpaired) electrons. The van der Waals surface area contributed by atoms with E-state index in [9.17, 15) is 4.79 Å². The number of hydrogen-bond acceptors (Lipinski definition) is 2. The number of rotatable bonds is 6. The SMILES string of the molecule is CC/C=C\CC(=O)OC(C)(C1CC1)C1CC1. The van der Waals surface area contributed by atoms with Gasteiger partial charge >= 0.3 is 5.97 Å². The van der Waals surface area contributed by atoms with Crippen molar-refractivity contribution in [2.45, 2.75) is 58.0 Å². The van der Waals surface area contributed by atoms with Crippen LogP contribution in [0.4, 0.5) is 0 Å². The van der Waals surface area contributed by atoms with E-state index in [1.165, 1.54) is 25.7 Å². The van der Waals surface area contributed by atoms with Crippen LogP contribution in [0.3, 0.4) is 0 Å². The lowest BCUT2D eigenvalue weighted by atomic mass is 9.94. The Morgan fingerprint density at radius 2 is 1.81 bits per heavy atom. The Balaban J connectivity index is 1.85. The lowest BCUT2D eigenvalue weighted by molar-refractivity contribution is -0.161. The minimum Gasteiger partial charge on any atom is -0.459 e. The molecule has 0 atom stereocenters. The van der Waals surface area contributed by atoms with Crippen LogP contribution in [0.5, 0.6) is 0 Å². The van der Waals surface area contributed by atoms with Crippen molar-refractivity contribution in [2.24, 2.45) is 11.8 Å². The minimum atomic E-state index is -0.142. The maximum absolute atomic E-state index is 11.7. The summed E-state index contributed by atoms with van der Waals surface area (Å²) in [6.45, 7) is 4.21. The van der Waals surface area contributed by atoms with Crippen molar-refractivity contribution in [1.82, 2.24) is 0 Å². The molecule has 0 spiro atoms. The third-order valence-electron chi connectivity index (χ3n) is 3.80. The van der Waals surface area contributed by atoms with E-state index in [0.29, 0.717) is 18.3 Å². The lowest BCUT2D eigenvalue weighted by Crippen LogP contribution is -2.36. The Hall–Kier alpha value is -0.790. The highest BCUT2D eigenvalue weighted by molar-refractivity contribution is 5.71. The molecule has 0 aromatic heterocycles. The maximum atomic E-state index is 11.7. The van der Waals surface area contributed by atoms with Gasteiger partial charge < -0.3 is 4.74 Å². The van der Waals surface area contributed by atoms with Gasteiger partial charge in [-0.1, -0.05) is 19.1 Å². The second-order valence-electron chi connectivity index (χ2n) is 5.29. The van der Waals surface area contributed by atoms with E-state index in [0.717, 1.165) is 6.42 Å². The number of allylic oxidation sites excluding steroid dienone is 1. The van der Waals surface area contributed by atoms with Crippen LogP contribution in [0.2, 0.25) is 0 Å². The van der Waals surface area contributed by atoms with Crippen molar-refractivity contribution < 1.29 is 9.53 Å². The van der Waals surface area contributed by atoms with Crippen LogP contribution in [0.25, 0.3) is 0 Å². The summed E-state index contributed by atoms with van der Waals surface area (Å²) in [4.78, 5) is 11.7. The van der Waals surface area contributed by atoms with Crippen molar-refractivity contribution in [2.75, 3.05) is 0 Å². The topological polar surface area (TPSA) is 26.3 Å². The van der Waals surface area contributed by atoms with Gasteiger partial charge in [-0.05, 0) is 50.9 Å². The van der Waals surface area contributed by atoms with Crippen molar-refractivity contribution in [3.63, 3.8) is 0 Å². The first-order chi connectivity index (χ1) is 7.66. The van der Waals surface area contributed by atoms with Crippen molar-refractivity contribution >= 4 is 5.97 Å². The van der Waals surface area contributed by atoms with Crippen LogP contribution < -0.4 is 0 Å². The average molecular weight is 222 g/mol. The van der Waals surface area contributed by atoms with Crippen LogP contribution in [0, 0.1) is 11.8 Å². The smallest absolute Gasteiger partial charge is 0.310 e.